The summed E-state index contributed by atoms with van der Waals surface area (Å²) in [5.74, 6) is -0.633. The quantitative estimate of drug-likeness (QED) is 0.780. The second kappa shape index (κ2) is 5.53. The fraction of sp³-hybridized carbons (Fsp3) is 0.714. The van der Waals surface area contributed by atoms with Crippen molar-refractivity contribution >= 4 is 0 Å². The van der Waals surface area contributed by atoms with Crippen LogP contribution in [0.5, 0.6) is 0 Å². The van der Waals surface area contributed by atoms with E-state index < -0.39 is 5.79 Å². The van der Waals surface area contributed by atoms with E-state index in [9.17, 15) is 5.11 Å². The molecule has 0 aromatic carbocycles. The molecule has 0 unspecified atom stereocenters. The Labute approximate surface area is 108 Å². The minimum Gasteiger partial charge on any atom is -0.394 e. The molecule has 1 saturated heterocycles. The van der Waals surface area contributed by atoms with Crippen molar-refractivity contribution in [1.82, 2.24) is 0 Å². The third-order valence-electron chi connectivity index (χ3n) is 3.18. The maximum Gasteiger partial charge on any atom is 0.164 e. The van der Waals surface area contributed by atoms with E-state index in [0.717, 1.165) is 6.42 Å². The first-order valence-corrected chi connectivity index (χ1v) is 6.42. The first-order valence-electron chi connectivity index (χ1n) is 6.42. The lowest BCUT2D eigenvalue weighted by Crippen LogP contribution is -2.25. The van der Waals surface area contributed by atoms with Crippen molar-refractivity contribution in [1.29, 1.82) is 0 Å². The lowest BCUT2D eigenvalue weighted by atomic mass is 10.1. The van der Waals surface area contributed by atoms with Gasteiger partial charge in [0.1, 0.15) is 12.2 Å². The molecule has 4 nitrogen and oxygen atoms in total. The average molecular weight is 254 g/mol. The van der Waals surface area contributed by atoms with Crippen molar-refractivity contribution in [3.05, 3.63) is 23.8 Å². The zero-order valence-electron chi connectivity index (χ0n) is 11.3. The molecule has 4 heteroatoms. The molecule has 1 fully saturated rings. The van der Waals surface area contributed by atoms with E-state index in [4.69, 9.17) is 14.2 Å². The molecule has 0 aliphatic carbocycles. The first-order chi connectivity index (χ1) is 8.50. The van der Waals surface area contributed by atoms with E-state index in [2.05, 4.69) is 13.0 Å². The van der Waals surface area contributed by atoms with E-state index in [0.29, 0.717) is 6.61 Å². The van der Waals surface area contributed by atoms with Crippen LogP contribution in [-0.2, 0) is 14.2 Å². The minimum absolute atomic E-state index is 0.0388. The molecule has 0 spiro atoms. The van der Waals surface area contributed by atoms with Gasteiger partial charge in [-0.2, -0.15) is 0 Å². The normalized spacial score (nSPS) is 36.0. The fourth-order valence-corrected chi connectivity index (χ4v) is 2.30. The number of rotatable bonds is 3. The van der Waals surface area contributed by atoms with Gasteiger partial charge in [-0.25, -0.2) is 0 Å². The van der Waals surface area contributed by atoms with Crippen LogP contribution in [0.2, 0.25) is 0 Å². The van der Waals surface area contributed by atoms with Gasteiger partial charge < -0.3 is 19.3 Å². The van der Waals surface area contributed by atoms with Crippen LogP contribution in [-0.4, -0.2) is 42.4 Å². The molecule has 0 radical (unpaired) electrons. The second-order valence-corrected chi connectivity index (χ2v) is 5.33. The topological polar surface area (TPSA) is 47.9 Å². The Bertz CT molecular complexity index is 346. The van der Waals surface area contributed by atoms with Gasteiger partial charge in [-0.15, -0.1) is 0 Å². The molecule has 2 aliphatic heterocycles. The van der Waals surface area contributed by atoms with Crippen LogP contribution in [0.3, 0.4) is 0 Å². The Morgan fingerprint density at radius 2 is 2.17 bits per heavy atom. The number of aliphatic hydroxyl groups is 1. The highest BCUT2D eigenvalue weighted by molar-refractivity contribution is 5.09. The van der Waals surface area contributed by atoms with Crippen LogP contribution < -0.4 is 0 Å². The Morgan fingerprint density at radius 1 is 1.39 bits per heavy atom. The molecule has 0 aromatic rings. The van der Waals surface area contributed by atoms with Gasteiger partial charge in [-0.3, -0.25) is 0 Å². The predicted molar refractivity (Wildman–Crippen MR) is 68.2 cm³/mol. The zero-order chi connectivity index (χ0) is 13.2. The van der Waals surface area contributed by atoms with Gasteiger partial charge in [0, 0.05) is 0 Å². The molecule has 0 aromatic heterocycles. The molecule has 0 bridgehead atoms. The van der Waals surface area contributed by atoms with Crippen molar-refractivity contribution in [2.75, 3.05) is 13.2 Å². The highest BCUT2D eigenvalue weighted by Gasteiger charge is 2.39. The van der Waals surface area contributed by atoms with E-state index >= 15 is 0 Å². The Balaban J connectivity index is 1.94. The summed E-state index contributed by atoms with van der Waals surface area (Å²) in [4.78, 5) is 0. The highest BCUT2D eigenvalue weighted by atomic mass is 16.8. The third-order valence-corrected chi connectivity index (χ3v) is 3.18. The van der Waals surface area contributed by atoms with Crippen LogP contribution in [0.25, 0.3) is 0 Å². The maximum absolute atomic E-state index is 9.27. The van der Waals surface area contributed by atoms with Gasteiger partial charge in [-0.05, 0) is 27.2 Å². The minimum atomic E-state index is -0.633. The number of aliphatic hydroxyl groups excluding tert-OH is 1. The summed E-state index contributed by atoms with van der Waals surface area (Å²) in [6, 6.07) is 0. The number of ether oxygens (including phenoxy) is 3. The molecule has 2 heterocycles. The molecular weight excluding hydrogens is 232 g/mol. The van der Waals surface area contributed by atoms with Crippen molar-refractivity contribution < 1.29 is 19.3 Å². The molecule has 2 aliphatic rings. The summed E-state index contributed by atoms with van der Waals surface area (Å²) in [6.45, 7) is 6.44. The molecule has 2 rings (SSSR count). The van der Waals surface area contributed by atoms with E-state index in [1.807, 2.05) is 26.0 Å². The van der Waals surface area contributed by atoms with Gasteiger partial charge >= 0.3 is 0 Å². The number of hydrogen-bond donors (Lipinski definition) is 1. The van der Waals surface area contributed by atoms with E-state index in [1.165, 1.54) is 5.57 Å². The summed E-state index contributed by atoms with van der Waals surface area (Å²) in [5, 5.41) is 9.27. The second-order valence-electron chi connectivity index (χ2n) is 5.33. The van der Waals surface area contributed by atoms with Crippen molar-refractivity contribution in [3.63, 3.8) is 0 Å². The zero-order valence-corrected chi connectivity index (χ0v) is 11.3. The Hall–Kier alpha value is -0.680. The van der Waals surface area contributed by atoms with Crippen LogP contribution in [0.4, 0.5) is 0 Å². The first kappa shape index (κ1) is 13.7. The average Bonchev–Trinajstić information content (AvgIpc) is 2.61. The van der Waals surface area contributed by atoms with Crippen LogP contribution in [0, 0.1) is 0 Å². The van der Waals surface area contributed by atoms with Gasteiger partial charge in [0.2, 0.25) is 0 Å². The molecular formula is C14H22O4. The molecule has 18 heavy (non-hydrogen) atoms. The summed E-state index contributed by atoms with van der Waals surface area (Å²) in [6.07, 6.45) is 6.56. The maximum atomic E-state index is 9.27. The number of hydrogen-bond acceptors (Lipinski definition) is 4. The molecule has 0 saturated carbocycles. The highest BCUT2D eigenvalue weighted by Crippen LogP contribution is 2.29. The van der Waals surface area contributed by atoms with Crippen LogP contribution in [0.15, 0.2) is 23.8 Å². The van der Waals surface area contributed by atoms with E-state index in [1.54, 1.807) is 0 Å². The standard InChI is InChI=1S/C14H22O4/c1-10-6-7-16-11(8-10)4-5-12-13(9-15)18-14(2,3)17-12/h4-6,11-13,15H,7-9H2,1-3H3/b5-4+/t11-,12+,13+/m1/s1. The molecule has 3 atom stereocenters. The SMILES string of the molecule is CC1=CCO[C@H](/C=C/[C@@H]2OC(C)(C)O[C@H]2CO)C1. The molecule has 1 N–H and O–H groups in total. The van der Waals surface area contributed by atoms with Gasteiger partial charge in [-0.1, -0.05) is 23.8 Å². The van der Waals surface area contributed by atoms with Crippen LogP contribution >= 0.6 is 0 Å². The summed E-state index contributed by atoms with van der Waals surface area (Å²) < 4.78 is 16.9. The monoisotopic (exact) mass is 254 g/mol. The van der Waals surface area contributed by atoms with Gasteiger partial charge in [0.05, 0.1) is 19.3 Å². The predicted octanol–water partition coefficient (Wildman–Crippen LogP) is 1.79. The van der Waals surface area contributed by atoms with Crippen molar-refractivity contribution in [2.45, 2.75) is 51.3 Å². The van der Waals surface area contributed by atoms with Gasteiger partial charge in [0.15, 0.2) is 5.79 Å². The fourth-order valence-electron chi connectivity index (χ4n) is 2.30. The third kappa shape index (κ3) is 3.42. The largest absolute Gasteiger partial charge is 0.394 e. The lowest BCUT2D eigenvalue weighted by molar-refractivity contribution is -0.146. The Morgan fingerprint density at radius 3 is 2.83 bits per heavy atom. The van der Waals surface area contributed by atoms with Crippen molar-refractivity contribution in [2.24, 2.45) is 0 Å². The summed E-state index contributed by atoms with van der Waals surface area (Å²) in [5.41, 5.74) is 1.35. The van der Waals surface area contributed by atoms with Crippen molar-refractivity contribution in [3.8, 4) is 0 Å². The smallest absolute Gasteiger partial charge is 0.164 e. The van der Waals surface area contributed by atoms with Gasteiger partial charge in [0.25, 0.3) is 0 Å². The summed E-state index contributed by atoms with van der Waals surface area (Å²) in [7, 11) is 0. The summed E-state index contributed by atoms with van der Waals surface area (Å²) >= 11 is 0. The molecule has 0 amide bonds. The van der Waals surface area contributed by atoms with Crippen LogP contribution in [0.1, 0.15) is 27.2 Å². The molecule has 102 valence electrons. The lowest BCUT2D eigenvalue weighted by Gasteiger charge is -2.19. The van der Waals surface area contributed by atoms with E-state index in [-0.39, 0.29) is 24.9 Å². The Kier molecular flexibility index (Phi) is 4.22.